The second-order valence-corrected chi connectivity index (χ2v) is 3.15. The Labute approximate surface area is 90.7 Å². The molecule has 0 aliphatic heterocycles. The van der Waals surface area contributed by atoms with Gasteiger partial charge in [-0.25, -0.2) is 0 Å². The van der Waals surface area contributed by atoms with Gasteiger partial charge in [-0.15, -0.1) is 0 Å². The third kappa shape index (κ3) is 3.49. The Morgan fingerprint density at radius 3 is 2.75 bits per heavy atom. The van der Waals surface area contributed by atoms with E-state index in [1.54, 1.807) is 0 Å². The number of nitro groups is 1. The number of ketones is 2. The Morgan fingerprint density at radius 1 is 1.56 bits per heavy atom. The van der Waals surface area contributed by atoms with Crippen molar-refractivity contribution in [2.75, 3.05) is 0 Å². The third-order valence-electron chi connectivity index (χ3n) is 1.67. The summed E-state index contributed by atoms with van der Waals surface area (Å²) in [6.07, 6.45) is 3.55. The van der Waals surface area contributed by atoms with E-state index in [2.05, 4.69) is 4.42 Å². The molecular weight excluding hydrogens is 214 g/mol. The number of Topliss-reactive ketones (excluding diaryl/α,β-unsaturated/α-hetero) is 1. The summed E-state index contributed by atoms with van der Waals surface area (Å²) in [5.74, 6) is -0.970. The Hall–Kier alpha value is -2.24. The standard InChI is InChI=1S/C10H9NO5/c1-7(12)4-9(13)3-2-8-5-10(11(14)15)16-6-8/h2-3,5-6H,4H2,1H3. The van der Waals surface area contributed by atoms with Crippen LogP contribution in [0.1, 0.15) is 18.9 Å². The Bertz CT molecular complexity index is 458. The monoisotopic (exact) mass is 223 g/mol. The van der Waals surface area contributed by atoms with Crippen molar-refractivity contribution in [3.05, 3.63) is 34.1 Å². The van der Waals surface area contributed by atoms with Gasteiger partial charge in [0, 0.05) is 5.56 Å². The highest BCUT2D eigenvalue weighted by Gasteiger charge is 2.10. The number of hydrogen-bond donors (Lipinski definition) is 0. The van der Waals surface area contributed by atoms with E-state index in [0.29, 0.717) is 5.56 Å². The van der Waals surface area contributed by atoms with Crippen LogP contribution >= 0.6 is 0 Å². The van der Waals surface area contributed by atoms with Gasteiger partial charge in [-0.05, 0) is 19.1 Å². The van der Waals surface area contributed by atoms with Crippen molar-refractivity contribution in [3.63, 3.8) is 0 Å². The molecule has 0 saturated carbocycles. The molecule has 0 bridgehead atoms. The van der Waals surface area contributed by atoms with E-state index in [4.69, 9.17) is 0 Å². The average Bonchev–Trinajstić information content (AvgIpc) is 2.61. The van der Waals surface area contributed by atoms with Crippen molar-refractivity contribution in [2.24, 2.45) is 0 Å². The minimum Gasteiger partial charge on any atom is -0.409 e. The molecule has 0 aliphatic rings. The summed E-state index contributed by atoms with van der Waals surface area (Å²) in [6, 6.07) is 1.19. The lowest BCUT2D eigenvalue weighted by Gasteiger charge is -1.87. The highest BCUT2D eigenvalue weighted by atomic mass is 16.6. The van der Waals surface area contributed by atoms with Gasteiger partial charge in [0.2, 0.25) is 0 Å². The fourth-order valence-electron chi connectivity index (χ4n) is 1.02. The van der Waals surface area contributed by atoms with E-state index in [1.165, 1.54) is 25.1 Å². The number of nitrogens with zero attached hydrogens (tertiary/aromatic N) is 1. The summed E-state index contributed by atoms with van der Waals surface area (Å²) in [7, 11) is 0. The van der Waals surface area contributed by atoms with Gasteiger partial charge in [0.05, 0.1) is 12.5 Å². The minimum atomic E-state index is -0.672. The molecule has 1 aromatic heterocycles. The first-order valence-electron chi connectivity index (χ1n) is 4.42. The van der Waals surface area contributed by atoms with E-state index in [-0.39, 0.29) is 18.0 Å². The molecule has 6 heteroatoms. The van der Waals surface area contributed by atoms with Gasteiger partial charge >= 0.3 is 5.88 Å². The average molecular weight is 223 g/mol. The molecule has 0 amide bonds. The molecule has 0 fully saturated rings. The second kappa shape index (κ2) is 5.01. The lowest BCUT2D eigenvalue weighted by Crippen LogP contribution is -1.99. The van der Waals surface area contributed by atoms with Gasteiger partial charge in [-0.3, -0.25) is 19.7 Å². The molecular formula is C10H9NO5. The first-order chi connectivity index (χ1) is 7.49. The van der Waals surface area contributed by atoms with E-state index < -0.39 is 10.8 Å². The lowest BCUT2D eigenvalue weighted by molar-refractivity contribution is -0.402. The number of carbonyl (C=O) groups excluding carboxylic acids is 2. The van der Waals surface area contributed by atoms with E-state index in [0.717, 1.165) is 6.26 Å². The number of hydrogen-bond acceptors (Lipinski definition) is 5. The Kier molecular flexibility index (Phi) is 3.71. The first-order valence-corrected chi connectivity index (χ1v) is 4.42. The molecule has 16 heavy (non-hydrogen) atoms. The number of allylic oxidation sites excluding steroid dienone is 1. The van der Waals surface area contributed by atoms with Gasteiger partial charge in [-0.1, -0.05) is 0 Å². The smallest absolute Gasteiger partial charge is 0.409 e. The summed E-state index contributed by atoms with van der Waals surface area (Å²) in [5.41, 5.74) is 0.406. The van der Waals surface area contributed by atoms with Gasteiger partial charge in [0.15, 0.2) is 5.78 Å². The molecule has 0 unspecified atom stereocenters. The predicted octanol–water partition coefficient (Wildman–Crippen LogP) is 1.75. The highest BCUT2D eigenvalue weighted by molar-refractivity contribution is 6.05. The van der Waals surface area contributed by atoms with Crippen LogP contribution in [0.25, 0.3) is 6.08 Å². The van der Waals surface area contributed by atoms with Crippen molar-refractivity contribution >= 4 is 23.5 Å². The Morgan fingerprint density at radius 2 is 2.25 bits per heavy atom. The van der Waals surface area contributed by atoms with Crippen molar-refractivity contribution in [2.45, 2.75) is 13.3 Å². The van der Waals surface area contributed by atoms with Crippen LogP contribution in [0.15, 0.2) is 22.8 Å². The van der Waals surface area contributed by atoms with Gasteiger partial charge < -0.3 is 4.42 Å². The summed E-state index contributed by atoms with van der Waals surface area (Å²) in [6.45, 7) is 1.31. The topological polar surface area (TPSA) is 90.4 Å². The van der Waals surface area contributed by atoms with E-state index >= 15 is 0 Å². The van der Waals surface area contributed by atoms with Gasteiger partial charge in [0.1, 0.15) is 17.0 Å². The maximum atomic E-state index is 11.1. The molecule has 0 N–H and O–H groups in total. The maximum absolute atomic E-state index is 11.1. The molecule has 1 aromatic rings. The van der Waals surface area contributed by atoms with Crippen LogP contribution in [-0.2, 0) is 9.59 Å². The molecule has 0 atom stereocenters. The summed E-state index contributed by atoms with van der Waals surface area (Å²) in [5, 5.41) is 10.3. The molecule has 0 radical (unpaired) electrons. The van der Waals surface area contributed by atoms with Gasteiger partial charge in [0.25, 0.3) is 0 Å². The maximum Gasteiger partial charge on any atom is 0.433 e. The number of rotatable bonds is 5. The Balaban J connectivity index is 2.65. The molecule has 84 valence electrons. The zero-order chi connectivity index (χ0) is 12.1. The molecule has 0 aliphatic carbocycles. The van der Waals surface area contributed by atoms with Crippen molar-refractivity contribution in [1.29, 1.82) is 0 Å². The van der Waals surface area contributed by atoms with Gasteiger partial charge in [-0.2, -0.15) is 0 Å². The minimum absolute atomic E-state index is 0.170. The van der Waals surface area contributed by atoms with Crippen molar-refractivity contribution < 1.29 is 18.9 Å². The van der Waals surface area contributed by atoms with Crippen LogP contribution < -0.4 is 0 Å². The molecule has 6 nitrogen and oxygen atoms in total. The SMILES string of the molecule is CC(=O)CC(=O)C=Cc1coc([N+](=O)[O-])c1. The van der Waals surface area contributed by atoms with Crippen LogP contribution in [0.5, 0.6) is 0 Å². The normalized spacial score (nSPS) is 10.6. The molecule has 0 saturated heterocycles. The van der Waals surface area contributed by atoms with Crippen molar-refractivity contribution in [3.8, 4) is 0 Å². The van der Waals surface area contributed by atoms with Crippen LogP contribution in [0.4, 0.5) is 5.88 Å². The fourth-order valence-corrected chi connectivity index (χ4v) is 1.02. The fraction of sp³-hybridized carbons (Fsp3) is 0.200. The van der Waals surface area contributed by atoms with E-state index in [9.17, 15) is 19.7 Å². The largest absolute Gasteiger partial charge is 0.433 e. The van der Waals surface area contributed by atoms with Crippen LogP contribution in [0.2, 0.25) is 0 Å². The quantitative estimate of drug-likeness (QED) is 0.328. The van der Waals surface area contributed by atoms with Crippen molar-refractivity contribution in [1.82, 2.24) is 0 Å². The number of carbonyl (C=O) groups is 2. The second-order valence-electron chi connectivity index (χ2n) is 3.15. The van der Waals surface area contributed by atoms with Crippen LogP contribution in [0, 0.1) is 10.1 Å². The molecule has 0 spiro atoms. The highest BCUT2D eigenvalue weighted by Crippen LogP contribution is 2.16. The lowest BCUT2D eigenvalue weighted by atomic mass is 10.2. The molecule has 1 rings (SSSR count). The number of furan rings is 1. The zero-order valence-corrected chi connectivity index (χ0v) is 8.50. The summed E-state index contributed by atoms with van der Waals surface area (Å²) in [4.78, 5) is 31.3. The molecule has 0 aromatic carbocycles. The van der Waals surface area contributed by atoms with Crippen LogP contribution in [-0.4, -0.2) is 16.5 Å². The van der Waals surface area contributed by atoms with Crippen LogP contribution in [0.3, 0.4) is 0 Å². The predicted molar refractivity (Wildman–Crippen MR) is 54.7 cm³/mol. The first kappa shape index (κ1) is 11.8. The summed E-state index contributed by atoms with van der Waals surface area (Å²) < 4.78 is 4.61. The summed E-state index contributed by atoms with van der Waals surface area (Å²) >= 11 is 0. The zero-order valence-electron chi connectivity index (χ0n) is 8.50. The molecule has 1 heterocycles. The third-order valence-corrected chi connectivity index (χ3v) is 1.67. The van der Waals surface area contributed by atoms with E-state index in [1.807, 2.05) is 0 Å².